The van der Waals surface area contributed by atoms with Crippen LogP contribution in [0.4, 0.5) is 0 Å². The summed E-state index contributed by atoms with van der Waals surface area (Å²) in [5.74, 6) is 0.00503. The van der Waals surface area contributed by atoms with E-state index in [9.17, 15) is 9.90 Å². The first-order valence-electron chi connectivity index (χ1n) is 17.7. The van der Waals surface area contributed by atoms with Gasteiger partial charge in [-0.2, -0.15) is 0 Å². The molecule has 7 nitrogen and oxygen atoms in total. The van der Waals surface area contributed by atoms with E-state index >= 15 is 0 Å². The van der Waals surface area contributed by atoms with Gasteiger partial charge in [0.2, 0.25) is 0 Å². The number of hydrogen-bond acceptors (Lipinski definition) is 5. The summed E-state index contributed by atoms with van der Waals surface area (Å²) in [6.45, 7) is 0. The van der Waals surface area contributed by atoms with Crippen molar-refractivity contribution in [2.24, 2.45) is 0 Å². The van der Waals surface area contributed by atoms with Crippen molar-refractivity contribution in [2.75, 3.05) is 0 Å². The Labute approximate surface area is 308 Å². The smallest absolute Gasteiger partial charge is 0.336 e. The molecule has 54 heavy (non-hydrogen) atoms. The van der Waals surface area contributed by atoms with E-state index in [2.05, 4.69) is 70.7 Å². The Morgan fingerprint density at radius 1 is 0.463 bits per heavy atom. The van der Waals surface area contributed by atoms with E-state index in [1.54, 1.807) is 12.1 Å². The van der Waals surface area contributed by atoms with Gasteiger partial charge in [-0.3, -0.25) is 0 Å². The van der Waals surface area contributed by atoms with Crippen LogP contribution in [0.1, 0.15) is 22.8 Å². The molecule has 0 aliphatic carbocycles. The van der Waals surface area contributed by atoms with Crippen LogP contribution in [0, 0.1) is 0 Å². The van der Waals surface area contributed by atoms with Crippen LogP contribution in [0.15, 0.2) is 149 Å². The Morgan fingerprint density at radius 3 is 1.31 bits per heavy atom. The zero-order valence-corrected chi connectivity index (χ0v) is 28.7. The molecule has 4 aromatic carbocycles. The third kappa shape index (κ3) is 5.34. The van der Waals surface area contributed by atoms with E-state index < -0.39 is 5.63 Å². The van der Waals surface area contributed by atoms with Crippen LogP contribution in [0.2, 0.25) is 0 Å². The molecule has 2 aliphatic heterocycles. The fraction of sp³-hybridized carbons (Fsp3) is 0. The molecule has 0 radical (unpaired) electrons. The number of aromatic hydroxyl groups is 1. The molecule has 6 heterocycles. The number of phenolic OH excluding ortho intramolecular Hbond substituents is 1. The van der Waals surface area contributed by atoms with Gasteiger partial charge in [0.25, 0.3) is 0 Å². The van der Waals surface area contributed by atoms with Gasteiger partial charge in [-0.15, -0.1) is 0 Å². The third-order valence-corrected chi connectivity index (χ3v) is 9.94. The van der Waals surface area contributed by atoms with Gasteiger partial charge in [0.05, 0.1) is 22.8 Å². The molecule has 8 aromatic rings. The number of hydrogen-bond donors (Lipinski definition) is 3. The number of benzene rings is 4. The summed E-state index contributed by atoms with van der Waals surface area (Å²) in [6.07, 6.45) is 8.17. The lowest BCUT2D eigenvalue weighted by molar-refractivity contribution is 0.473. The molecule has 0 saturated heterocycles. The van der Waals surface area contributed by atoms with Crippen molar-refractivity contribution in [1.29, 1.82) is 0 Å². The summed E-state index contributed by atoms with van der Waals surface area (Å²) in [6, 6.07) is 45.4. The average molecular weight is 699 g/mol. The number of H-pyrrole nitrogens is 2. The summed E-state index contributed by atoms with van der Waals surface area (Å²) in [5, 5.41) is 11.0. The highest BCUT2D eigenvalue weighted by molar-refractivity contribution is 6.04. The molecule has 0 fully saturated rings. The van der Waals surface area contributed by atoms with Crippen LogP contribution in [0.5, 0.6) is 5.75 Å². The van der Waals surface area contributed by atoms with Crippen LogP contribution >= 0.6 is 0 Å². The number of aromatic nitrogens is 4. The van der Waals surface area contributed by atoms with Crippen molar-refractivity contribution >= 4 is 57.3 Å². The molecule has 8 bridgehead atoms. The topological polar surface area (TPSA) is 108 Å². The van der Waals surface area contributed by atoms with Gasteiger partial charge in [0, 0.05) is 67.4 Å². The van der Waals surface area contributed by atoms with Crippen LogP contribution in [-0.2, 0) is 0 Å². The quantitative estimate of drug-likeness (QED) is 0.159. The molecule has 10 rings (SSSR count). The zero-order chi connectivity index (χ0) is 36.2. The van der Waals surface area contributed by atoms with Crippen molar-refractivity contribution in [2.45, 2.75) is 0 Å². The van der Waals surface area contributed by atoms with E-state index in [-0.39, 0.29) is 11.3 Å². The van der Waals surface area contributed by atoms with Crippen molar-refractivity contribution in [3.05, 3.63) is 173 Å². The van der Waals surface area contributed by atoms with Crippen molar-refractivity contribution < 1.29 is 9.52 Å². The SMILES string of the molecule is O=c1cc(-c2c3nc(c(-c4ccccc4)c4ccc([nH]4)c(-c4ccccc4)c4nc(c(-c5ccccc5)c5ccc2[nH]5)C=C4)C=C3)c2ccc(O)cc2o1. The van der Waals surface area contributed by atoms with E-state index in [1.165, 1.54) is 12.1 Å². The second-order valence-corrected chi connectivity index (χ2v) is 13.3. The summed E-state index contributed by atoms with van der Waals surface area (Å²) in [7, 11) is 0. The Bertz CT molecular complexity index is 3030. The zero-order valence-electron chi connectivity index (χ0n) is 28.7. The Balaban J connectivity index is 1.42. The highest BCUT2D eigenvalue weighted by Crippen LogP contribution is 2.39. The summed E-state index contributed by atoms with van der Waals surface area (Å²) < 4.78 is 5.58. The van der Waals surface area contributed by atoms with Crippen LogP contribution in [0.25, 0.3) is 102 Å². The molecular formula is C47H30N4O3. The normalized spacial score (nSPS) is 12.1. The minimum atomic E-state index is -0.535. The minimum absolute atomic E-state index is 0.00503. The molecule has 3 N–H and O–H groups in total. The molecule has 0 spiro atoms. The average Bonchev–Trinajstić information content (AvgIpc) is 4.04. The first-order valence-corrected chi connectivity index (χ1v) is 17.7. The van der Waals surface area contributed by atoms with Crippen LogP contribution in [-0.4, -0.2) is 25.0 Å². The van der Waals surface area contributed by atoms with Gasteiger partial charge in [0.1, 0.15) is 11.3 Å². The molecule has 256 valence electrons. The molecule has 0 atom stereocenters. The second kappa shape index (κ2) is 12.6. The fourth-order valence-electron chi connectivity index (χ4n) is 7.57. The van der Waals surface area contributed by atoms with Gasteiger partial charge in [-0.05, 0) is 77.4 Å². The monoisotopic (exact) mass is 698 g/mol. The number of nitrogens with one attached hydrogen (secondary N) is 2. The largest absolute Gasteiger partial charge is 0.508 e. The van der Waals surface area contributed by atoms with Crippen molar-refractivity contribution in [1.82, 2.24) is 19.9 Å². The van der Waals surface area contributed by atoms with Gasteiger partial charge in [-0.25, -0.2) is 14.8 Å². The van der Waals surface area contributed by atoms with Gasteiger partial charge in [-0.1, -0.05) is 91.0 Å². The van der Waals surface area contributed by atoms with E-state index in [4.69, 9.17) is 14.4 Å². The molecule has 2 aliphatic rings. The Morgan fingerprint density at radius 2 is 0.870 bits per heavy atom. The van der Waals surface area contributed by atoms with Gasteiger partial charge in [0.15, 0.2) is 0 Å². The summed E-state index contributed by atoms with van der Waals surface area (Å²) in [4.78, 5) is 31.3. The second-order valence-electron chi connectivity index (χ2n) is 13.3. The van der Waals surface area contributed by atoms with Crippen molar-refractivity contribution in [3.8, 4) is 50.3 Å². The van der Waals surface area contributed by atoms with E-state index in [0.717, 1.165) is 72.5 Å². The van der Waals surface area contributed by atoms with Crippen LogP contribution < -0.4 is 5.63 Å². The molecule has 0 amide bonds. The summed E-state index contributed by atoms with van der Waals surface area (Å²) in [5.41, 5.74) is 13.5. The lowest BCUT2D eigenvalue weighted by atomic mass is 10.00. The van der Waals surface area contributed by atoms with E-state index in [1.807, 2.05) is 78.9 Å². The molecule has 0 saturated carbocycles. The first-order chi connectivity index (χ1) is 26.6. The lowest BCUT2D eigenvalue weighted by Crippen LogP contribution is -1.99. The number of phenols is 1. The highest BCUT2D eigenvalue weighted by atomic mass is 16.4. The maximum Gasteiger partial charge on any atom is 0.336 e. The third-order valence-electron chi connectivity index (χ3n) is 9.94. The number of rotatable bonds is 4. The molecule has 7 heteroatoms. The molecular weight excluding hydrogens is 669 g/mol. The maximum atomic E-state index is 13.1. The lowest BCUT2D eigenvalue weighted by Gasteiger charge is -2.08. The maximum absolute atomic E-state index is 13.1. The Kier molecular flexibility index (Phi) is 7.30. The van der Waals surface area contributed by atoms with Crippen LogP contribution in [0.3, 0.4) is 0 Å². The number of aromatic amines is 2. The standard InChI is InChI=1S/C47H30N4O3/c52-31-16-17-32-33(27-43(53)54-42(32)26-31)47-40-24-22-38(50-40)45(29-12-6-2-7-13-29)36-20-18-34(48-36)44(28-10-4-1-5-11-28)35-19-21-37(49-35)46(30-14-8-3-9-15-30)39-23-25-41(47)51-39/h1-27,48,51-52H. The predicted molar refractivity (Wildman–Crippen MR) is 218 cm³/mol. The van der Waals surface area contributed by atoms with Gasteiger partial charge < -0.3 is 19.5 Å². The molecule has 4 aromatic heterocycles. The Hall–Kier alpha value is -7.51. The predicted octanol–water partition coefficient (Wildman–Crippen LogP) is 11.1. The summed E-state index contributed by atoms with van der Waals surface area (Å²) >= 11 is 0. The van der Waals surface area contributed by atoms with E-state index in [0.29, 0.717) is 22.2 Å². The molecule has 0 unspecified atom stereocenters. The first kappa shape index (κ1) is 31.2. The number of nitrogens with zero attached hydrogens (tertiary/aromatic N) is 2. The number of fused-ring (bicyclic) bond motifs is 9. The van der Waals surface area contributed by atoms with Gasteiger partial charge >= 0.3 is 5.63 Å². The highest BCUT2D eigenvalue weighted by Gasteiger charge is 2.20. The minimum Gasteiger partial charge on any atom is -0.508 e. The fourth-order valence-corrected chi connectivity index (χ4v) is 7.57. The van der Waals surface area contributed by atoms with Crippen molar-refractivity contribution in [3.63, 3.8) is 0 Å².